The lowest BCUT2D eigenvalue weighted by molar-refractivity contribution is 0.0524. The Hall–Kier alpha value is -1.36. The minimum absolute atomic E-state index is 0.289. The highest BCUT2D eigenvalue weighted by atomic mass is 16.5. The average Bonchev–Trinajstić information content (AvgIpc) is 2.50. The highest BCUT2D eigenvalue weighted by Gasteiger charge is 2.26. The molecule has 14 heavy (non-hydrogen) atoms. The molecule has 0 radical (unpaired) electrons. The maximum atomic E-state index is 11.5. The van der Waals surface area contributed by atoms with Crippen molar-refractivity contribution < 1.29 is 9.53 Å². The van der Waals surface area contributed by atoms with Gasteiger partial charge in [0.2, 0.25) is 0 Å². The molecule has 5 heteroatoms. The van der Waals surface area contributed by atoms with Crippen LogP contribution in [0.1, 0.15) is 28.9 Å². The molecule has 5 nitrogen and oxygen atoms in total. The van der Waals surface area contributed by atoms with Crippen LogP contribution in [0, 0.1) is 0 Å². The van der Waals surface area contributed by atoms with Gasteiger partial charge in [0, 0.05) is 19.0 Å². The number of nitrogens with one attached hydrogen (secondary N) is 2. The van der Waals surface area contributed by atoms with Crippen LogP contribution in [0.25, 0.3) is 0 Å². The van der Waals surface area contributed by atoms with Gasteiger partial charge in [-0.2, -0.15) is 5.10 Å². The molecule has 1 fully saturated rings. The Bertz CT molecular complexity index is 331. The van der Waals surface area contributed by atoms with Crippen LogP contribution in [-0.2, 0) is 4.74 Å². The molecule has 2 heterocycles. The van der Waals surface area contributed by atoms with Crippen LogP contribution in [0.4, 0.5) is 0 Å². The number of nitrogens with zero attached hydrogens (tertiary/aromatic N) is 1. The Labute approximate surface area is 81.8 Å². The smallest absolute Gasteiger partial charge is 0.341 e. The molecule has 1 saturated heterocycles. The number of hydrogen-bond donors (Lipinski definition) is 2. The van der Waals surface area contributed by atoms with E-state index in [-0.39, 0.29) is 5.97 Å². The molecule has 2 N–H and O–H groups in total. The zero-order valence-electron chi connectivity index (χ0n) is 8.04. The maximum absolute atomic E-state index is 11.5. The number of rotatable bonds is 3. The molecule has 1 aromatic rings. The largest absolute Gasteiger partial charge is 0.462 e. The van der Waals surface area contributed by atoms with Gasteiger partial charge in [-0.1, -0.05) is 0 Å². The van der Waals surface area contributed by atoms with Crippen molar-refractivity contribution in [2.75, 3.05) is 19.7 Å². The predicted octanol–water partition coefficient (Wildman–Crippen LogP) is 0.273. The first-order chi connectivity index (χ1) is 6.83. The number of H-pyrrole nitrogens is 1. The highest BCUT2D eigenvalue weighted by Crippen LogP contribution is 2.21. The Morgan fingerprint density at radius 1 is 1.71 bits per heavy atom. The summed E-state index contributed by atoms with van der Waals surface area (Å²) in [6, 6.07) is 0. The SMILES string of the molecule is CCOC(=O)c1cn[nH]c1C1CNC1. The summed E-state index contributed by atoms with van der Waals surface area (Å²) in [5, 5.41) is 9.88. The number of carbonyl (C=O) groups excluding carboxylic acids is 1. The van der Waals surface area contributed by atoms with Gasteiger partial charge in [0.05, 0.1) is 18.5 Å². The topological polar surface area (TPSA) is 67.0 Å². The monoisotopic (exact) mass is 195 g/mol. The fourth-order valence-corrected chi connectivity index (χ4v) is 1.47. The Morgan fingerprint density at radius 3 is 3.07 bits per heavy atom. The van der Waals surface area contributed by atoms with Gasteiger partial charge in [0.25, 0.3) is 0 Å². The molecule has 0 unspecified atom stereocenters. The second-order valence-corrected chi connectivity index (χ2v) is 3.27. The number of esters is 1. The van der Waals surface area contributed by atoms with E-state index in [9.17, 15) is 4.79 Å². The summed E-state index contributed by atoms with van der Waals surface area (Å²) < 4.78 is 4.93. The Balaban J connectivity index is 2.16. The third-order valence-corrected chi connectivity index (χ3v) is 2.35. The molecule has 0 atom stereocenters. The van der Waals surface area contributed by atoms with Crippen LogP contribution >= 0.6 is 0 Å². The van der Waals surface area contributed by atoms with E-state index in [1.54, 1.807) is 6.92 Å². The molecule has 1 aromatic heterocycles. The fraction of sp³-hybridized carbons (Fsp3) is 0.556. The molecular formula is C9H13N3O2. The molecule has 0 spiro atoms. The van der Waals surface area contributed by atoms with Crippen LogP contribution < -0.4 is 5.32 Å². The molecule has 0 saturated carbocycles. The molecule has 0 bridgehead atoms. The number of ether oxygens (including phenoxy) is 1. The van der Waals surface area contributed by atoms with E-state index < -0.39 is 0 Å². The van der Waals surface area contributed by atoms with Crippen LogP contribution in [0.5, 0.6) is 0 Å². The normalized spacial score (nSPS) is 16.4. The second-order valence-electron chi connectivity index (χ2n) is 3.27. The van der Waals surface area contributed by atoms with Crippen molar-refractivity contribution in [2.45, 2.75) is 12.8 Å². The van der Waals surface area contributed by atoms with Crippen molar-refractivity contribution in [3.63, 3.8) is 0 Å². The molecular weight excluding hydrogens is 182 g/mol. The minimum atomic E-state index is -0.289. The maximum Gasteiger partial charge on any atom is 0.341 e. The van der Waals surface area contributed by atoms with E-state index in [1.165, 1.54) is 6.20 Å². The van der Waals surface area contributed by atoms with Crippen LogP contribution in [0.3, 0.4) is 0 Å². The van der Waals surface area contributed by atoms with Crippen molar-refractivity contribution in [3.8, 4) is 0 Å². The van der Waals surface area contributed by atoms with Gasteiger partial charge < -0.3 is 10.1 Å². The summed E-state index contributed by atoms with van der Waals surface area (Å²) in [5.74, 6) is 0.0834. The van der Waals surface area contributed by atoms with Gasteiger partial charge in [-0.3, -0.25) is 5.10 Å². The molecule has 1 aliphatic rings. The van der Waals surface area contributed by atoms with Gasteiger partial charge in [-0.05, 0) is 6.92 Å². The van der Waals surface area contributed by atoms with E-state index in [0.717, 1.165) is 18.8 Å². The standard InChI is InChI=1S/C9H13N3O2/c1-2-14-9(13)7-5-11-12-8(7)6-3-10-4-6/h5-6,10H,2-4H2,1H3,(H,11,12). The van der Waals surface area contributed by atoms with Crippen molar-refractivity contribution in [1.29, 1.82) is 0 Å². The first kappa shape index (κ1) is 9.21. The van der Waals surface area contributed by atoms with Crippen LogP contribution in [0.15, 0.2) is 6.20 Å². The summed E-state index contributed by atoms with van der Waals surface area (Å²) in [6.45, 7) is 3.98. The van der Waals surface area contributed by atoms with Gasteiger partial charge in [-0.25, -0.2) is 4.79 Å². The zero-order chi connectivity index (χ0) is 9.97. The molecule has 76 valence electrons. The van der Waals surface area contributed by atoms with Gasteiger partial charge in [-0.15, -0.1) is 0 Å². The quantitative estimate of drug-likeness (QED) is 0.679. The highest BCUT2D eigenvalue weighted by molar-refractivity contribution is 5.90. The lowest BCUT2D eigenvalue weighted by atomic mass is 9.96. The van der Waals surface area contributed by atoms with Crippen molar-refractivity contribution >= 4 is 5.97 Å². The van der Waals surface area contributed by atoms with Crippen LogP contribution in [-0.4, -0.2) is 35.9 Å². The van der Waals surface area contributed by atoms with Crippen molar-refractivity contribution in [1.82, 2.24) is 15.5 Å². The Kier molecular flexibility index (Phi) is 2.49. The molecule has 1 aliphatic heterocycles. The van der Waals surface area contributed by atoms with E-state index in [2.05, 4.69) is 15.5 Å². The summed E-state index contributed by atoms with van der Waals surface area (Å²) in [6.07, 6.45) is 1.53. The van der Waals surface area contributed by atoms with Crippen LogP contribution in [0.2, 0.25) is 0 Å². The summed E-state index contributed by atoms with van der Waals surface area (Å²) >= 11 is 0. The lowest BCUT2D eigenvalue weighted by Gasteiger charge is -2.26. The molecule has 0 aromatic carbocycles. The van der Waals surface area contributed by atoms with Gasteiger partial charge in [0.1, 0.15) is 5.56 Å². The summed E-state index contributed by atoms with van der Waals surface area (Å²) in [4.78, 5) is 11.5. The number of aromatic amines is 1. The van der Waals surface area contributed by atoms with Crippen molar-refractivity contribution in [3.05, 3.63) is 17.5 Å². The number of carbonyl (C=O) groups is 1. The fourth-order valence-electron chi connectivity index (χ4n) is 1.47. The number of hydrogen-bond acceptors (Lipinski definition) is 4. The summed E-state index contributed by atoms with van der Waals surface area (Å²) in [7, 11) is 0. The van der Waals surface area contributed by atoms with E-state index >= 15 is 0 Å². The van der Waals surface area contributed by atoms with Crippen molar-refractivity contribution in [2.24, 2.45) is 0 Å². The lowest BCUT2D eigenvalue weighted by Crippen LogP contribution is -2.40. The third-order valence-electron chi connectivity index (χ3n) is 2.35. The minimum Gasteiger partial charge on any atom is -0.462 e. The van der Waals surface area contributed by atoms with E-state index in [4.69, 9.17) is 4.74 Å². The molecule has 2 rings (SSSR count). The van der Waals surface area contributed by atoms with E-state index in [1.807, 2.05) is 0 Å². The number of aromatic nitrogens is 2. The average molecular weight is 195 g/mol. The third kappa shape index (κ3) is 1.50. The zero-order valence-corrected chi connectivity index (χ0v) is 8.04. The molecule has 0 aliphatic carbocycles. The predicted molar refractivity (Wildman–Crippen MR) is 50.2 cm³/mol. The first-order valence-corrected chi connectivity index (χ1v) is 4.74. The van der Waals surface area contributed by atoms with Gasteiger partial charge in [0.15, 0.2) is 0 Å². The van der Waals surface area contributed by atoms with E-state index in [0.29, 0.717) is 18.1 Å². The van der Waals surface area contributed by atoms with Gasteiger partial charge >= 0.3 is 5.97 Å². The summed E-state index contributed by atoms with van der Waals surface area (Å²) in [5.41, 5.74) is 1.46. The second kappa shape index (κ2) is 3.79. The first-order valence-electron chi connectivity index (χ1n) is 4.74. The molecule has 0 amide bonds. The Morgan fingerprint density at radius 2 is 2.50 bits per heavy atom.